The van der Waals surface area contributed by atoms with Gasteiger partial charge in [-0.2, -0.15) is 0 Å². The number of Topliss-reactive ketones (excluding diaryl/α,β-unsaturated/α-hetero) is 1. The van der Waals surface area contributed by atoms with Crippen LogP contribution in [-0.2, 0) is 20.8 Å². The number of hydrogen-bond donors (Lipinski definition) is 1. The second-order valence-electron chi connectivity index (χ2n) is 12.3. The summed E-state index contributed by atoms with van der Waals surface area (Å²) in [5, 5.41) is 10.7. The van der Waals surface area contributed by atoms with Crippen molar-refractivity contribution in [3.05, 3.63) is 71.8 Å². The van der Waals surface area contributed by atoms with E-state index in [0.29, 0.717) is 31.0 Å². The fourth-order valence-corrected chi connectivity index (χ4v) is 7.69. The number of carboxylic acid groups (broad SMARTS) is 1. The normalized spacial score (nSPS) is 29.3. The van der Waals surface area contributed by atoms with E-state index in [1.807, 2.05) is 55.5 Å². The molecular weight excluding hydrogens is 548 g/mol. The van der Waals surface area contributed by atoms with Crippen LogP contribution in [0.3, 0.4) is 0 Å². The maximum atomic E-state index is 14.3. The van der Waals surface area contributed by atoms with Crippen molar-refractivity contribution in [2.45, 2.75) is 76.9 Å². The number of carboxylic acids is 1. The SMILES string of the molecule is Cc1ccc2nc(O[C@@H]3C[C@H]4C(=O)C[C@]5(C(=O)O)C[C@@H]5/C=C\CCCCC[C@H](Cc5ccccc5)C(=O)N4C3)sc2c1. The van der Waals surface area contributed by atoms with Crippen molar-refractivity contribution in [3.8, 4) is 5.19 Å². The maximum absolute atomic E-state index is 14.3. The molecule has 1 N–H and O–H groups in total. The number of ketones is 1. The van der Waals surface area contributed by atoms with Crippen molar-refractivity contribution in [1.82, 2.24) is 9.88 Å². The van der Waals surface area contributed by atoms with Crippen LogP contribution >= 0.6 is 11.3 Å². The lowest BCUT2D eigenvalue weighted by Crippen LogP contribution is -2.45. The zero-order chi connectivity index (χ0) is 29.3. The second-order valence-corrected chi connectivity index (χ2v) is 13.3. The third-order valence-corrected chi connectivity index (χ3v) is 10.1. The molecule has 2 fully saturated rings. The quantitative estimate of drug-likeness (QED) is 0.349. The molecule has 1 aliphatic carbocycles. The van der Waals surface area contributed by atoms with Crippen LogP contribution in [0.5, 0.6) is 5.19 Å². The van der Waals surface area contributed by atoms with Gasteiger partial charge in [0.1, 0.15) is 6.10 Å². The summed E-state index contributed by atoms with van der Waals surface area (Å²) in [4.78, 5) is 46.9. The molecule has 2 aromatic carbocycles. The molecule has 0 unspecified atom stereocenters. The third-order valence-electron chi connectivity index (χ3n) is 9.22. The molecule has 3 aliphatic rings. The average molecular weight is 587 g/mol. The van der Waals surface area contributed by atoms with Gasteiger partial charge in [0.05, 0.1) is 28.2 Å². The minimum absolute atomic E-state index is 0.0343. The van der Waals surface area contributed by atoms with Gasteiger partial charge in [0.2, 0.25) is 5.91 Å². The zero-order valence-electron chi connectivity index (χ0n) is 24.0. The Morgan fingerprint density at radius 2 is 1.98 bits per heavy atom. The molecule has 2 aliphatic heterocycles. The number of benzene rings is 2. The van der Waals surface area contributed by atoms with Crippen molar-refractivity contribution < 1.29 is 24.2 Å². The zero-order valence-corrected chi connectivity index (χ0v) is 24.9. The Kier molecular flexibility index (Phi) is 8.17. The van der Waals surface area contributed by atoms with Crippen molar-refractivity contribution >= 4 is 39.2 Å². The van der Waals surface area contributed by atoms with Crippen LogP contribution < -0.4 is 4.74 Å². The molecular formula is C34H38N2O5S. The van der Waals surface area contributed by atoms with E-state index in [-0.39, 0.29) is 29.9 Å². The number of allylic oxidation sites excluding steroid dienone is 2. The highest BCUT2D eigenvalue weighted by molar-refractivity contribution is 7.20. The molecule has 0 spiro atoms. The molecule has 220 valence electrons. The van der Waals surface area contributed by atoms with Gasteiger partial charge in [0, 0.05) is 18.8 Å². The highest BCUT2D eigenvalue weighted by Gasteiger charge is 2.61. The van der Waals surface area contributed by atoms with Gasteiger partial charge >= 0.3 is 5.97 Å². The molecule has 8 heteroatoms. The van der Waals surface area contributed by atoms with Crippen molar-refractivity contribution in [1.29, 1.82) is 0 Å². The number of aryl methyl sites for hydroxylation is 1. The van der Waals surface area contributed by atoms with Crippen molar-refractivity contribution in [2.75, 3.05) is 6.54 Å². The minimum Gasteiger partial charge on any atom is -0.481 e. The van der Waals surface area contributed by atoms with Gasteiger partial charge in [-0.15, -0.1) is 0 Å². The molecule has 3 heterocycles. The van der Waals surface area contributed by atoms with Crippen LogP contribution in [0.1, 0.15) is 62.5 Å². The fourth-order valence-electron chi connectivity index (χ4n) is 6.71. The predicted octanol–water partition coefficient (Wildman–Crippen LogP) is 6.38. The third kappa shape index (κ3) is 6.00. The first-order valence-electron chi connectivity index (χ1n) is 15.1. The van der Waals surface area contributed by atoms with Gasteiger partial charge in [0.25, 0.3) is 5.19 Å². The van der Waals surface area contributed by atoms with Crippen molar-refractivity contribution in [3.63, 3.8) is 0 Å². The summed E-state index contributed by atoms with van der Waals surface area (Å²) < 4.78 is 7.37. The Morgan fingerprint density at radius 1 is 1.14 bits per heavy atom. The highest BCUT2D eigenvalue weighted by atomic mass is 32.1. The lowest BCUT2D eigenvalue weighted by molar-refractivity contribution is -0.147. The van der Waals surface area contributed by atoms with E-state index in [9.17, 15) is 19.5 Å². The number of aromatic nitrogens is 1. The van der Waals surface area contributed by atoms with E-state index < -0.39 is 23.5 Å². The standard InChI is InChI=1S/C34H38N2O5S/c1-22-14-15-27-30(16-22)42-33(35-27)41-26-18-28-29(37)20-34(32(39)40)19-25(34)13-9-4-2-3-8-12-24(31(38)36(28)21-26)17-23-10-6-5-7-11-23/h5-7,9-11,13-16,24-26,28H,2-4,8,12,17-21H2,1H3,(H,39,40)/b13-9-/t24-,25+,26-,28+,34-/m1/s1. The number of nitrogens with zero attached hydrogens (tertiary/aromatic N) is 2. The van der Waals surface area contributed by atoms with Crippen LogP contribution in [0.4, 0.5) is 0 Å². The van der Waals surface area contributed by atoms with Gasteiger partial charge in [-0.3, -0.25) is 14.4 Å². The van der Waals surface area contributed by atoms with E-state index in [1.165, 1.54) is 11.3 Å². The molecule has 1 saturated heterocycles. The monoisotopic (exact) mass is 586 g/mol. The maximum Gasteiger partial charge on any atom is 0.310 e. The number of amides is 1. The number of rotatable bonds is 5. The summed E-state index contributed by atoms with van der Waals surface area (Å²) >= 11 is 1.47. The Balaban J connectivity index is 1.28. The summed E-state index contributed by atoms with van der Waals surface area (Å²) in [6, 6.07) is 15.4. The lowest BCUT2D eigenvalue weighted by atomic mass is 9.90. The summed E-state index contributed by atoms with van der Waals surface area (Å²) in [6.07, 6.45) is 9.60. The van der Waals surface area contributed by atoms with E-state index in [0.717, 1.165) is 53.4 Å². The van der Waals surface area contributed by atoms with Gasteiger partial charge in [-0.1, -0.05) is 72.7 Å². The summed E-state index contributed by atoms with van der Waals surface area (Å²) in [6.45, 7) is 2.33. The number of hydrogen-bond acceptors (Lipinski definition) is 6. The molecule has 6 rings (SSSR count). The molecule has 1 saturated carbocycles. The molecule has 1 aromatic heterocycles. The van der Waals surface area contributed by atoms with Gasteiger partial charge in [-0.25, -0.2) is 4.98 Å². The largest absolute Gasteiger partial charge is 0.481 e. The van der Waals surface area contributed by atoms with Gasteiger partial charge in [0.15, 0.2) is 5.78 Å². The number of aliphatic carboxylic acids is 1. The molecule has 0 bridgehead atoms. The molecule has 7 nitrogen and oxygen atoms in total. The first kappa shape index (κ1) is 28.6. The molecule has 42 heavy (non-hydrogen) atoms. The topological polar surface area (TPSA) is 96.8 Å². The second kappa shape index (κ2) is 12.0. The highest BCUT2D eigenvalue weighted by Crippen LogP contribution is 2.57. The van der Waals surface area contributed by atoms with Crippen molar-refractivity contribution in [2.24, 2.45) is 17.3 Å². The first-order valence-corrected chi connectivity index (χ1v) is 15.9. The predicted molar refractivity (Wildman–Crippen MR) is 163 cm³/mol. The first-order chi connectivity index (χ1) is 20.3. The summed E-state index contributed by atoms with van der Waals surface area (Å²) in [5.74, 6) is -1.53. The summed E-state index contributed by atoms with van der Waals surface area (Å²) in [7, 11) is 0. The fraction of sp³-hybridized carbons (Fsp3) is 0.471. The molecule has 3 aromatic rings. The lowest BCUT2D eigenvalue weighted by Gasteiger charge is -2.29. The molecule has 5 atom stereocenters. The van der Waals surface area contributed by atoms with Crippen LogP contribution in [-0.4, -0.2) is 51.3 Å². The minimum atomic E-state index is -1.07. The number of carbonyl (C=O) groups excluding carboxylic acids is 2. The Bertz CT molecular complexity index is 1500. The van der Waals surface area contributed by atoms with E-state index >= 15 is 0 Å². The van der Waals surface area contributed by atoms with E-state index in [2.05, 4.69) is 17.1 Å². The average Bonchev–Trinajstić information content (AvgIpc) is 3.29. The van der Waals surface area contributed by atoms with E-state index in [4.69, 9.17) is 4.74 Å². The number of thiazole rings is 1. The molecule has 1 amide bonds. The Hall–Kier alpha value is -3.52. The van der Waals surface area contributed by atoms with Crippen LogP contribution in [0.2, 0.25) is 0 Å². The van der Waals surface area contributed by atoms with Crippen LogP contribution in [0.25, 0.3) is 10.2 Å². The smallest absolute Gasteiger partial charge is 0.310 e. The summed E-state index contributed by atoms with van der Waals surface area (Å²) in [5.41, 5.74) is 2.03. The van der Waals surface area contributed by atoms with Crippen LogP contribution in [0, 0.1) is 24.2 Å². The van der Waals surface area contributed by atoms with Gasteiger partial charge < -0.3 is 14.7 Å². The molecule has 0 radical (unpaired) electrons. The van der Waals surface area contributed by atoms with Crippen LogP contribution in [0.15, 0.2) is 60.7 Å². The van der Waals surface area contributed by atoms with E-state index in [1.54, 1.807) is 4.90 Å². The van der Waals surface area contributed by atoms with Gasteiger partial charge in [-0.05, 0) is 68.2 Å². The number of fused-ring (bicyclic) bond motifs is 3. The number of ether oxygens (including phenoxy) is 1. The Morgan fingerprint density at radius 3 is 2.79 bits per heavy atom. The Labute approximate surface area is 250 Å². The number of carbonyl (C=O) groups is 3.